The molecule has 0 unspecified atom stereocenters. The number of sulfonamides is 1. The molecule has 1 N–H and O–H groups in total. The highest BCUT2D eigenvalue weighted by atomic mass is 32.2. The summed E-state index contributed by atoms with van der Waals surface area (Å²) in [6, 6.07) is 21.3. The van der Waals surface area contributed by atoms with Crippen LogP contribution in [0.1, 0.15) is 21.5 Å². The molecular weight excluding hydrogens is 400 g/mol. The molecule has 0 bridgehead atoms. The second-order valence-corrected chi connectivity index (χ2v) is 8.64. The molecule has 6 nitrogen and oxygen atoms in total. The average molecular weight is 425 g/mol. The topological polar surface area (TPSA) is 75.7 Å². The molecule has 0 atom stereocenters. The Balaban J connectivity index is 2.02. The summed E-state index contributed by atoms with van der Waals surface area (Å²) in [4.78, 5) is 13.8. The Morgan fingerprint density at radius 2 is 1.67 bits per heavy atom. The van der Waals surface area contributed by atoms with Crippen molar-refractivity contribution in [1.29, 1.82) is 0 Å². The van der Waals surface area contributed by atoms with E-state index in [9.17, 15) is 13.2 Å². The summed E-state index contributed by atoms with van der Waals surface area (Å²) in [6.07, 6.45) is 0. The summed E-state index contributed by atoms with van der Waals surface area (Å²) in [7, 11) is -0.887. The molecule has 0 amide bonds. The maximum absolute atomic E-state index is 13.2. The standard InChI is InChI=1S/C23H24N2O4S/c1-17-9-12-20(13-10-17)24-30(27,28)22-15-19(23(26)29-3)11-14-21(22)25(2)16-18-7-5-4-6-8-18/h4-15,24H,16H2,1-3H3. The molecule has 0 aliphatic heterocycles. The third kappa shape index (κ3) is 4.99. The number of benzene rings is 3. The molecule has 0 spiro atoms. The highest BCUT2D eigenvalue weighted by molar-refractivity contribution is 7.92. The van der Waals surface area contributed by atoms with Gasteiger partial charge in [-0.15, -0.1) is 0 Å². The smallest absolute Gasteiger partial charge is 0.337 e. The maximum atomic E-state index is 13.2. The van der Waals surface area contributed by atoms with Gasteiger partial charge < -0.3 is 9.64 Å². The number of nitrogens with one attached hydrogen (secondary N) is 1. The van der Waals surface area contributed by atoms with Crippen LogP contribution in [0, 0.1) is 6.92 Å². The SMILES string of the molecule is COC(=O)c1ccc(N(C)Cc2ccccc2)c(S(=O)(=O)Nc2ccc(C)cc2)c1. The van der Waals surface area contributed by atoms with Gasteiger partial charge in [0.05, 0.1) is 18.4 Å². The van der Waals surface area contributed by atoms with Crippen molar-refractivity contribution in [3.05, 3.63) is 89.5 Å². The number of carbonyl (C=O) groups is 1. The van der Waals surface area contributed by atoms with Gasteiger partial charge >= 0.3 is 5.97 Å². The van der Waals surface area contributed by atoms with Crippen LogP contribution in [0.25, 0.3) is 0 Å². The Labute approximate surface area is 177 Å². The van der Waals surface area contributed by atoms with Crippen LogP contribution in [0.2, 0.25) is 0 Å². The first-order valence-corrected chi connectivity index (χ1v) is 10.9. The van der Waals surface area contributed by atoms with Gasteiger partial charge in [-0.1, -0.05) is 48.0 Å². The van der Waals surface area contributed by atoms with Crippen molar-refractivity contribution in [1.82, 2.24) is 0 Å². The first-order chi connectivity index (χ1) is 14.3. The fraction of sp³-hybridized carbons (Fsp3) is 0.174. The van der Waals surface area contributed by atoms with Gasteiger partial charge in [0.1, 0.15) is 4.90 Å². The number of rotatable bonds is 7. The van der Waals surface area contributed by atoms with Gasteiger partial charge in [0.2, 0.25) is 0 Å². The summed E-state index contributed by atoms with van der Waals surface area (Å²) < 4.78 is 33.8. The van der Waals surface area contributed by atoms with E-state index in [-0.39, 0.29) is 10.5 Å². The molecule has 0 aromatic heterocycles. The van der Waals surface area contributed by atoms with Gasteiger partial charge in [0.25, 0.3) is 10.0 Å². The molecule has 156 valence electrons. The first kappa shape index (κ1) is 21.4. The normalized spacial score (nSPS) is 11.0. The lowest BCUT2D eigenvalue weighted by Gasteiger charge is -2.23. The van der Waals surface area contributed by atoms with Gasteiger partial charge in [-0.2, -0.15) is 0 Å². The van der Waals surface area contributed by atoms with E-state index in [1.54, 1.807) is 24.3 Å². The predicted octanol–water partition coefficient (Wildman–Crippen LogP) is 4.22. The van der Waals surface area contributed by atoms with Crippen LogP contribution >= 0.6 is 0 Å². The number of aryl methyl sites for hydroxylation is 1. The Kier molecular flexibility index (Phi) is 6.42. The van der Waals surface area contributed by atoms with Gasteiger partial charge in [0.15, 0.2) is 0 Å². The minimum atomic E-state index is -3.96. The van der Waals surface area contributed by atoms with E-state index in [0.29, 0.717) is 17.9 Å². The van der Waals surface area contributed by atoms with Gasteiger partial charge in [-0.3, -0.25) is 4.72 Å². The second-order valence-electron chi connectivity index (χ2n) is 6.99. The average Bonchev–Trinajstić information content (AvgIpc) is 2.75. The zero-order valence-corrected chi connectivity index (χ0v) is 17.9. The van der Waals surface area contributed by atoms with E-state index in [0.717, 1.165) is 11.1 Å². The summed E-state index contributed by atoms with van der Waals surface area (Å²) in [5.41, 5.74) is 3.14. The van der Waals surface area contributed by atoms with Crippen molar-refractivity contribution < 1.29 is 17.9 Å². The number of esters is 1. The molecule has 0 radical (unpaired) electrons. The molecule has 3 aromatic rings. The summed E-state index contributed by atoms with van der Waals surface area (Å²) in [5.74, 6) is -0.598. The number of hydrogen-bond acceptors (Lipinski definition) is 5. The van der Waals surface area contributed by atoms with Crippen LogP contribution < -0.4 is 9.62 Å². The van der Waals surface area contributed by atoms with Crippen LogP contribution in [0.4, 0.5) is 11.4 Å². The quantitative estimate of drug-likeness (QED) is 0.575. The molecule has 0 aliphatic carbocycles. The van der Waals surface area contributed by atoms with E-state index < -0.39 is 16.0 Å². The second kappa shape index (κ2) is 9.00. The van der Waals surface area contributed by atoms with Crippen molar-refractivity contribution in [2.75, 3.05) is 23.8 Å². The van der Waals surface area contributed by atoms with Crippen molar-refractivity contribution in [2.24, 2.45) is 0 Å². The third-order valence-electron chi connectivity index (χ3n) is 4.65. The molecule has 3 aromatic carbocycles. The van der Waals surface area contributed by atoms with E-state index in [2.05, 4.69) is 4.72 Å². The number of anilines is 2. The zero-order chi connectivity index (χ0) is 21.7. The highest BCUT2D eigenvalue weighted by Crippen LogP contribution is 2.29. The zero-order valence-electron chi connectivity index (χ0n) is 17.1. The summed E-state index contributed by atoms with van der Waals surface area (Å²) >= 11 is 0. The molecule has 0 heterocycles. The number of ether oxygens (including phenoxy) is 1. The van der Waals surface area contributed by atoms with Crippen LogP contribution in [0.3, 0.4) is 0 Å². The van der Waals surface area contributed by atoms with Crippen LogP contribution in [-0.2, 0) is 21.3 Å². The molecule has 3 rings (SSSR count). The fourth-order valence-corrected chi connectivity index (χ4v) is 4.40. The minimum Gasteiger partial charge on any atom is -0.465 e. The molecule has 0 saturated carbocycles. The van der Waals surface area contributed by atoms with E-state index >= 15 is 0 Å². The molecule has 0 saturated heterocycles. The van der Waals surface area contributed by atoms with Gasteiger partial charge in [-0.05, 0) is 42.8 Å². The number of carbonyl (C=O) groups excluding carboxylic acids is 1. The van der Waals surface area contributed by atoms with Crippen molar-refractivity contribution >= 4 is 27.4 Å². The molecule has 7 heteroatoms. The van der Waals surface area contributed by atoms with Crippen LogP contribution in [0.5, 0.6) is 0 Å². The minimum absolute atomic E-state index is 0.00408. The predicted molar refractivity (Wildman–Crippen MR) is 118 cm³/mol. The lowest BCUT2D eigenvalue weighted by atomic mass is 10.1. The monoisotopic (exact) mass is 424 g/mol. The molecular formula is C23H24N2O4S. The van der Waals surface area contributed by atoms with Crippen molar-refractivity contribution in [3.8, 4) is 0 Å². The maximum Gasteiger partial charge on any atom is 0.337 e. The van der Waals surface area contributed by atoms with Crippen molar-refractivity contribution in [2.45, 2.75) is 18.4 Å². The number of hydrogen-bond donors (Lipinski definition) is 1. The Bertz CT molecular complexity index is 1130. The Morgan fingerprint density at radius 1 is 1.00 bits per heavy atom. The fourth-order valence-electron chi connectivity index (χ4n) is 3.06. The highest BCUT2D eigenvalue weighted by Gasteiger charge is 2.23. The summed E-state index contributed by atoms with van der Waals surface area (Å²) in [5, 5.41) is 0. The van der Waals surface area contributed by atoms with Gasteiger partial charge in [0, 0.05) is 19.3 Å². The third-order valence-corrected chi connectivity index (χ3v) is 6.06. The largest absolute Gasteiger partial charge is 0.465 e. The van der Waals surface area contributed by atoms with Gasteiger partial charge in [-0.25, -0.2) is 13.2 Å². The Morgan fingerprint density at radius 3 is 2.30 bits per heavy atom. The van der Waals surface area contributed by atoms with E-state index in [1.165, 1.54) is 13.2 Å². The lowest BCUT2D eigenvalue weighted by molar-refractivity contribution is 0.0600. The first-order valence-electron chi connectivity index (χ1n) is 9.37. The molecule has 0 fully saturated rings. The lowest BCUT2D eigenvalue weighted by Crippen LogP contribution is -2.22. The molecule has 0 aliphatic rings. The van der Waals surface area contributed by atoms with E-state index in [4.69, 9.17) is 4.74 Å². The summed E-state index contributed by atoms with van der Waals surface area (Å²) in [6.45, 7) is 2.43. The van der Waals surface area contributed by atoms with Crippen LogP contribution in [0.15, 0.2) is 77.7 Å². The molecule has 30 heavy (non-hydrogen) atoms. The van der Waals surface area contributed by atoms with Crippen LogP contribution in [-0.4, -0.2) is 28.5 Å². The van der Waals surface area contributed by atoms with Crippen molar-refractivity contribution in [3.63, 3.8) is 0 Å². The number of nitrogens with zero attached hydrogens (tertiary/aromatic N) is 1. The Hall–Kier alpha value is -3.32. The number of methoxy groups -OCH3 is 1. The van der Waals surface area contributed by atoms with E-state index in [1.807, 2.05) is 61.3 Å².